The van der Waals surface area contributed by atoms with E-state index in [2.05, 4.69) is 13.2 Å². The van der Waals surface area contributed by atoms with Gasteiger partial charge in [0.15, 0.2) is 0 Å². The zero-order valence-electron chi connectivity index (χ0n) is 9.32. The van der Waals surface area contributed by atoms with E-state index in [1.165, 1.54) is 0 Å². The summed E-state index contributed by atoms with van der Waals surface area (Å²) in [4.78, 5) is 20.5. The second-order valence-electron chi connectivity index (χ2n) is 3.81. The molecule has 0 saturated carbocycles. The fourth-order valence-electron chi connectivity index (χ4n) is 0.664. The fourth-order valence-corrected chi connectivity index (χ4v) is 0.664. The smallest absolute Gasteiger partial charge is 0.330 e. The van der Waals surface area contributed by atoms with Crippen LogP contribution in [0.3, 0.4) is 0 Å². The van der Waals surface area contributed by atoms with Gasteiger partial charge in [0.25, 0.3) is 0 Å². The van der Waals surface area contributed by atoms with Gasteiger partial charge < -0.3 is 4.74 Å². The van der Waals surface area contributed by atoms with Crippen molar-refractivity contribution in [1.29, 1.82) is 0 Å². The van der Waals surface area contributed by atoms with Gasteiger partial charge in [-0.15, -0.1) is 6.58 Å². The summed E-state index contributed by atoms with van der Waals surface area (Å²) in [5, 5.41) is 0. The van der Waals surface area contributed by atoms with Gasteiger partial charge in [-0.2, -0.15) is 0 Å². The third-order valence-electron chi connectivity index (χ3n) is 1.49. The summed E-state index contributed by atoms with van der Waals surface area (Å²) in [6.07, 6.45) is 2.72. The number of carbonyl (C=O) groups is 1. The van der Waals surface area contributed by atoms with Crippen LogP contribution in [-0.4, -0.2) is 25.8 Å². The Hall–Kier alpha value is -1.13. The molecule has 0 rings (SSSR count). The lowest BCUT2D eigenvalue weighted by atomic mass is 9.97. The quantitative estimate of drug-likeness (QED) is 0.154. The molecule has 0 saturated heterocycles. The van der Waals surface area contributed by atoms with Crippen molar-refractivity contribution >= 4 is 5.97 Å². The van der Waals surface area contributed by atoms with E-state index in [0.717, 1.165) is 6.08 Å². The Bertz CT molecular complexity index is 221. The zero-order valence-corrected chi connectivity index (χ0v) is 9.32. The number of carbonyl (C=O) groups excluding carboxylic acids is 1. The van der Waals surface area contributed by atoms with Crippen molar-refractivity contribution in [3.8, 4) is 0 Å². The Morgan fingerprint density at radius 1 is 1.27 bits per heavy atom. The topological polar surface area (TPSA) is 44.8 Å². The van der Waals surface area contributed by atoms with E-state index in [1.807, 2.05) is 13.8 Å². The normalized spacial score (nSPS) is 10.8. The predicted octanol–water partition coefficient (Wildman–Crippen LogP) is 1.88. The van der Waals surface area contributed by atoms with E-state index in [1.54, 1.807) is 6.08 Å². The summed E-state index contributed by atoms with van der Waals surface area (Å²) in [7, 11) is 0. The first kappa shape index (κ1) is 13.9. The largest absolute Gasteiger partial charge is 0.462 e. The van der Waals surface area contributed by atoms with Gasteiger partial charge in [-0.25, -0.2) is 14.6 Å². The summed E-state index contributed by atoms with van der Waals surface area (Å²) >= 11 is 0. The molecule has 0 fully saturated rings. The molecule has 15 heavy (non-hydrogen) atoms. The van der Waals surface area contributed by atoms with Crippen molar-refractivity contribution in [2.24, 2.45) is 5.41 Å². The first-order valence-corrected chi connectivity index (χ1v) is 4.66. The Labute approximate surface area is 90.4 Å². The molecule has 0 atom stereocenters. The predicted molar refractivity (Wildman–Crippen MR) is 57.0 cm³/mol. The summed E-state index contributed by atoms with van der Waals surface area (Å²) in [6, 6.07) is 0. The second kappa shape index (κ2) is 7.20. The van der Waals surface area contributed by atoms with Gasteiger partial charge >= 0.3 is 5.97 Å². The third kappa shape index (κ3) is 7.90. The van der Waals surface area contributed by atoms with Crippen molar-refractivity contribution in [2.75, 3.05) is 19.8 Å². The lowest BCUT2D eigenvalue weighted by Crippen LogP contribution is -2.26. The first-order valence-electron chi connectivity index (χ1n) is 4.66. The Balaban J connectivity index is 3.70. The Kier molecular flexibility index (Phi) is 6.66. The van der Waals surface area contributed by atoms with E-state index in [-0.39, 0.29) is 12.0 Å². The minimum absolute atomic E-state index is 0.259. The van der Waals surface area contributed by atoms with Crippen molar-refractivity contribution in [3.05, 3.63) is 25.3 Å². The number of rotatable bonds is 8. The van der Waals surface area contributed by atoms with Crippen LogP contribution in [0, 0.1) is 5.41 Å². The van der Waals surface area contributed by atoms with Gasteiger partial charge in [-0.1, -0.05) is 26.5 Å². The molecule has 0 bridgehead atoms. The second-order valence-corrected chi connectivity index (χ2v) is 3.81. The van der Waals surface area contributed by atoms with Crippen LogP contribution in [0.15, 0.2) is 25.3 Å². The Morgan fingerprint density at radius 2 is 1.93 bits per heavy atom. The molecule has 0 N–H and O–H groups in total. The number of hydrogen-bond donors (Lipinski definition) is 0. The van der Waals surface area contributed by atoms with E-state index >= 15 is 0 Å². The fraction of sp³-hybridized carbons (Fsp3) is 0.545. The lowest BCUT2D eigenvalue weighted by molar-refractivity contribution is -0.302. The molecule has 0 aliphatic carbocycles. The number of ether oxygens (including phenoxy) is 1. The van der Waals surface area contributed by atoms with Gasteiger partial charge in [-0.3, -0.25) is 0 Å². The molecular weight excluding hydrogens is 196 g/mol. The van der Waals surface area contributed by atoms with E-state index in [4.69, 9.17) is 14.5 Å². The molecule has 0 aromatic rings. The van der Waals surface area contributed by atoms with Crippen molar-refractivity contribution in [1.82, 2.24) is 0 Å². The SMILES string of the molecule is C=CCOOCC(C)(C)COC(=O)C=C. The molecule has 4 nitrogen and oxygen atoms in total. The first-order chi connectivity index (χ1) is 7.02. The van der Waals surface area contributed by atoms with Crippen LogP contribution in [0.2, 0.25) is 0 Å². The standard InChI is InChI=1S/C11H18O4/c1-5-7-14-15-9-11(3,4)8-13-10(12)6-2/h5-6H,1-2,7-9H2,3-4H3. The summed E-state index contributed by atoms with van der Waals surface area (Å²) < 4.78 is 4.90. The highest BCUT2D eigenvalue weighted by Crippen LogP contribution is 2.16. The molecule has 0 unspecified atom stereocenters. The van der Waals surface area contributed by atoms with E-state index in [9.17, 15) is 4.79 Å². The molecule has 0 aromatic carbocycles. The highest BCUT2D eigenvalue weighted by Gasteiger charge is 2.20. The van der Waals surface area contributed by atoms with Crippen LogP contribution in [0.25, 0.3) is 0 Å². The number of hydrogen-bond acceptors (Lipinski definition) is 4. The van der Waals surface area contributed by atoms with Crippen LogP contribution < -0.4 is 0 Å². The summed E-state index contributed by atoms with van der Waals surface area (Å²) in [6.45, 7) is 11.5. The average molecular weight is 214 g/mol. The maximum atomic E-state index is 10.8. The molecule has 0 radical (unpaired) electrons. The molecule has 4 heteroatoms. The molecule has 0 aliphatic heterocycles. The zero-order chi connectivity index (χ0) is 11.7. The van der Waals surface area contributed by atoms with Gasteiger partial charge in [0.05, 0.1) is 13.2 Å². The highest BCUT2D eigenvalue weighted by molar-refractivity contribution is 5.81. The summed E-state index contributed by atoms with van der Waals surface area (Å²) in [5.41, 5.74) is -0.292. The molecule has 0 spiro atoms. The lowest BCUT2D eigenvalue weighted by Gasteiger charge is -2.22. The van der Waals surface area contributed by atoms with Crippen molar-refractivity contribution in [2.45, 2.75) is 13.8 Å². The minimum atomic E-state index is -0.435. The highest BCUT2D eigenvalue weighted by atomic mass is 17.2. The molecular formula is C11H18O4. The van der Waals surface area contributed by atoms with Gasteiger partial charge in [-0.05, 0) is 0 Å². The molecule has 0 aromatic heterocycles. The average Bonchev–Trinajstić information content (AvgIpc) is 2.21. The minimum Gasteiger partial charge on any atom is -0.462 e. The van der Waals surface area contributed by atoms with Gasteiger partial charge in [0.2, 0.25) is 0 Å². The molecule has 0 aliphatic rings. The van der Waals surface area contributed by atoms with Crippen LogP contribution >= 0.6 is 0 Å². The maximum absolute atomic E-state index is 10.8. The van der Waals surface area contributed by atoms with E-state index in [0.29, 0.717) is 13.2 Å². The van der Waals surface area contributed by atoms with Crippen LogP contribution in [0.1, 0.15) is 13.8 Å². The van der Waals surface area contributed by atoms with Crippen LogP contribution in [-0.2, 0) is 19.3 Å². The van der Waals surface area contributed by atoms with Crippen LogP contribution in [0.5, 0.6) is 0 Å². The van der Waals surface area contributed by atoms with Crippen LogP contribution in [0.4, 0.5) is 0 Å². The molecule has 0 heterocycles. The van der Waals surface area contributed by atoms with Crippen molar-refractivity contribution in [3.63, 3.8) is 0 Å². The van der Waals surface area contributed by atoms with Gasteiger partial charge in [0, 0.05) is 11.5 Å². The molecule has 0 amide bonds. The van der Waals surface area contributed by atoms with Gasteiger partial charge in [0.1, 0.15) is 6.61 Å². The Morgan fingerprint density at radius 3 is 2.47 bits per heavy atom. The van der Waals surface area contributed by atoms with Crippen molar-refractivity contribution < 1.29 is 19.3 Å². The van der Waals surface area contributed by atoms with E-state index < -0.39 is 5.97 Å². The number of esters is 1. The summed E-state index contributed by atoms with van der Waals surface area (Å²) in [5.74, 6) is -0.435. The third-order valence-corrected chi connectivity index (χ3v) is 1.49. The monoisotopic (exact) mass is 214 g/mol. The molecule has 86 valence electrons. The maximum Gasteiger partial charge on any atom is 0.330 e.